The fraction of sp³-hybridized carbons (Fsp3) is 0.909. The maximum Gasteiger partial charge on any atom is 0.225 e. The Hall–Kier alpha value is -0.610. The third-order valence-corrected chi connectivity index (χ3v) is 2.78. The van der Waals surface area contributed by atoms with Gasteiger partial charge in [-0.1, -0.05) is 6.92 Å². The summed E-state index contributed by atoms with van der Waals surface area (Å²) < 4.78 is 5.30. The van der Waals surface area contributed by atoms with E-state index >= 15 is 0 Å². The molecule has 1 aliphatic heterocycles. The summed E-state index contributed by atoms with van der Waals surface area (Å²) in [7, 11) is 0. The van der Waals surface area contributed by atoms with Crippen molar-refractivity contribution in [3.8, 4) is 0 Å². The maximum absolute atomic E-state index is 11.8. The summed E-state index contributed by atoms with van der Waals surface area (Å²) in [5.41, 5.74) is 5.61. The molecule has 0 radical (unpaired) electrons. The molecule has 15 heavy (non-hydrogen) atoms. The molecule has 1 fully saturated rings. The predicted octanol–water partition coefficient (Wildman–Crippen LogP) is 0.753. The van der Waals surface area contributed by atoms with Gasteiger partial charge >= 0.3 is 0 Å². The topological polar surface area (TPSA) is 55.6 Å². The van der Waals surface area contributed by atoms with Gasteiger partial charge in [-0.3, -0.25) is 4.79 Å². The maximum atomic E-state index is 11.8. The van der Waals surface area contributed by atoms with E-state index in [-0.39, 0.29) is 11.9 Å². The van der Waals surface area contributed by atoms with Crippen molar-refractivity contribution in [2.45, 2.75) is 38.6 Å². The molecule has 1 unspecified atom stereocenters. The molecule has 1 amide bonds. The lowest BCUT2D eigenvalue weighted by molar-refractivity contribution is -0.133. The molecule has 0 aromatic rings. The summed E-state index contributed by atoms with van der Waals surface area (Å²) in [5, 5.41) is 0. The number of hydrogen-bond donors (Lipinski definition) is 1. The molecule has 88 valence electrons. The number of amides is 1. The Labute approximate surface area is 91.8 Å². The van der Waals surface area contributed by atoms with Crippen molar-refractivity contribution >= 4 is 5.91 Å². The summed E-state index contributed by atoms with van der Waals surface area (Å²) in [6, 6.07) is 0.267. The average Bonchev–Trinajstić information content (AvgIpc) is 2.72. The molecule has 1 saturated heterocycles. The third-order valence-electron chi connectivity index (χ3n) is 2.78. The number of ether oxygens (including phenoxy) is 1. The molecule has 2 N–H and O–H groups in total. The van der Waals surface area contributed by atoms with Crippen LogP contribution in [0.5, 0.6) is 0 Å². The Bertz CT molecular complexity index is 197. The third kappa shape index (κ3) is 3.80. The Morgan fingerprint density at radius 1 is 1.53 bits per heavy atom. The molecule has 0 saturated carbocycles. The standard InChI is InChI=1S/C11H22N2O2/c1-2-7-15-8-5-11(14)13-6-3-4-10(13)9-12/h10H,2-9,12H2,1H3. The molecule has 0 aliphatic carbocycles. The SMILES string of the molecule is CCCOCCC(=O)N1CCCC1CN. The second-order valence-corrected chi connectivity index (χ2v) is 3.98. The zero-order valence-electron chi connectivity index (χ0n) is 9.58. The monoisotopic (exact) mass is 214 g/mol. The Kier molecular flexibility index (Phi) is 5.65. The lowest BCUT2D eigenvalue weighted by atomic mass is 10.2. The van der Waals surface area contributed by atoms with Crippen molar-refractivity contribution in [1.29, 1.82) is 0 Å². The first-order chi connectivity index (χ1) is 7.29. The Morgan fingerprint density at radius 3 is 3.00 bits per heavy atom. The second kappa shape index (κ2) is 6.80. The fourth-order valence-corrected chi connectivity index (χ4v) is 1.96. The van der Waals surface area contributed by atoms with Crippen LogP contribution in [0.4, 0.5) is 0 Å². The molecule has 0 bridgehead atoms. The zero-order chi connectivity index (χ0) is 11.1. The van der Waals surface area contributed by atoms with E-state index in [1.54, 1.807) is 0 Å². The molecular formula is C11H22N2O2. The van der Waals surface area contributed by atoms with E-state index in [1.165, 1.54) is 0 Å². The number of likely N-dealkylation sites (tertiary alicyclic amines) is 1. The Balaban J connectivity index is 2.21. The summed E-state index contributed by atoms with van der Waals surface area (Å²) in [6.07, 6.45) is 3.64. The van der Waals surface area contributed by atoms with Gasteiger partial charge < -0.3 is 15.4 Å². The van der Waals surface area contributed by atoms with E-state index in [0.717, 1.165) is 32.4 Å². The van der Waals surface area contributed by atoms with E-state index in [1.807, 2.05) is 4.90 Å². The molecule has 0 aromatic carbocycles. The van der Waals surface area contributed by atoms with Crippen molar-refractivity contribution in [2.24, 2.45) is 5.73 Å². The van der Waals surface area contributed by atoms with Crippen LogP contribution >= 0.6 is 0 Å². The van der Waals surface area contributed by atoms with Crippen molar-refractivity contribution in [3.05, 3.63) is 0 Å². The van der Waals surface area contributed by atoms with Gasteiger partial charge in [-0.25, -0.2) is 0 Å². The van der Waals surface area contributed by atoms with Gasteiger partial charge in [0.15, 0.2) is 0 Å². The quantitative estimate of drug-likeness (QED) is 0.664. The molecule has 4 nitrogen and oxygen atoms in total. The molecule has 1 heterocycles. The highest BCUT2D eigenvalue weighted by molar-refractivity contribution is 5.76. The van der Waals surface area contributed by atoms with Gasteiger partial charge in [-0.2, -0.15) is 0 Å². The van der Waals surface area contributed by atoms with Gasteiger partial charge in [0, 0.05) is 25.7 Å². The second-order valence-electron chi connectivity index (χ2n) is 3.98. The summed E-state index contributed by atoms with van der Waals surface area (Å²) in [4.78, 5) is 13.7. The lowest BCUT2D eigenvalue weighted by Crippen LogP contribution is -2.40. The molecule has 1 atom stereocenters. The number of carbonyl (C=O) groups excluding carboxylic acids is 1. The van der Waals surface area contributed by atoms with Crippen molar-refractivity contribution in [3.63, 3.8) is 0 Å². The van der Waals surface area contributed by atoms with Crippen LogP contribution in [0.1, 0.15) is 32.6 Å². The highest BCUT2D eigenvalue weighted by Gasteiger charge is 2.26. The van der Waals surface area contributed by atoms with Gasteiger partial charge in [0.05, 0.1) is 13.0 Å². The van der Waals surface area contributed by atoms with Crippen LogP contribution in [-0.2, 0) is 9.53 Å². The molecule has 0 spiro atoms. The number of carbonyl (C=O) groups is 1. The molecule has 0 aromatic heterocycles. The van der Waals surface area contributed by atoms with Crippen molar-refractivity contribution in [1.82, 2.24) is 4.90 Å². The fourth-order valence-electron chi connectivity index (χ4n) is 1.96. The number of nitrogens with zero attached hydrogens (tertiary/aromatic N) is 1. The number of nitrogens with two attached hydrogens (primary N) is 1. The van der Waals surface area contributed by atoms with Crippen LogP contribution in [-0.4, -0.2) is 43.2 Å². The van der Waals surface area contributed by atoms with Crippen LogP contribution < -0.4 is 5.73 Å². The van der Waals surface area contributed by atoms with Gasteiger partial charge in [-0.15, -0.1) is 0 Å². The molecule has 1 aliphatic rings. The lowest BCUT2D eigenvalue weighted by Gasteiger charge is -2.23. The first-order valence-corrected chi connectivity index (χ1v) is 5.86. The summed E-state index contributed by atoms with van der Waals surface area (Å²) >= 11 is 0. The average molecular weight is 214 g/mol. The zero-order valence-corrected chi connectivity index (χ0v) is 9.58. The van der Waals surface area contributed by atoms with Crippen LogP contribution in [0.3, 0.4) is 0 Å². The van der Waals surface area contributed by atoms with Crippen LogP contribution in [0.2, 0.25) is 0 Å². The molecule has 1 rings (SSSR count). The highest BCUT2D eigenvalue weighted by Crippen LogP contribution is 2.16. The van der Waals surface area contributed by atoms with Gasteiger partial charge in [0.1, 0.15) is 0 Å². The minimum absolute atomic E-state index is 0.194. The van der Waals surface area contributed by atoms with Gasteiger partial charge in [-0.05, 0) is 19.3 Å². The van der Waals surface area contributed by atoms with Crippen LogP contribution in [0, 0.1) is 0 Å². The number of rotatable bonds is 6. The number of hydrogen-bond acceptors (Lipinski definition) is 3. The minimum atomic E-state index is 0.194. The summed E-state index contributed by atoms with van der Waals surface area (Å²) in [6.45, 7) is 4.80. The van der Waals surface area contributed by atoms with E-state index < -0.39 is 0 Å². The largest absolute Gasteiger partial charge is 0.381 e. The van der Waals surface area contributed by atoms with Crippen molar-refractivity contribution < 1.29 is 9.53 Å². The van der Waals surface area contributed by atoms with Gasteiger partial charge in [0.25, 0.3) is 0 Å². The van der Waals surface area contributed by atoms with E-state index in [4.69, 9.17) is 10.5 Å². The first-order valence-electron chi connectivity index (χ1n) is 5.86. The normalized spacial score (nSPS) is 20.9. The first kappa shape index (κ1) is 12.5. The highest BCUT2D eigenvalue weighted by atomic mass is 16.5. The van der Waals surface area contributed by atoms with Crippen molar-refractivity contribution in [2.75, 3.05) is 26.3 Å². The Morgan fingerprint density at radius 2 is 2.33 bits per heavy atom. The van der Waals surface area contributed by atoms with E-state index in [2.05, 4.69) is 6.92 Å². The van der Waals surface area contributed by atoms with E-state index in [9.17, 15) is 4.79 Å². The van der Waals surface area contributed by atoms with Crippen LogP contribution in [0.15, 0.2) is 0 Å². The molecule has 4 heteroatoms. The minimum Gasteiger partial charge on any atom is -0.381 e. The summed E-state index contributed by atoms with van der Waals surface area (Å²) in [5.74, 6) is 0.194. The van der Waals surface area contributed by atoms with Gasteiger partial charge in [0.2, 0.25) is 5.91 Å². The molecular weight excluding hydrogens is 192 g/mol. The van der Waals surface area contributed by atoms with Crippen LogP contribution in [0.25, 0.3) is 0 Å². The predicted molar refractivity (Wildman–Crippen MR) is 59.5 cm³/mol. The smallest absolute Gasteiger partial charge is 0.225 e. The van der Waals surface area contributed by atoms with E-state index in [0.29, 0.717) is 19.6 Å².